The fourth-order valence-corrected chi connectivity index (χ4v) is 2.53. The van der Waals surface area contributed by atoms with Crippen LogP contribution in [-0.2, 0) is 11.2 Å². The molecule has 1 amide bonds. The number of aryl methyl sites for hydroxylation is 2. The number of amides is 1. The van der Waals surface area contributed by atoms with Crippen LogP contribution in [-0.4, -0.2) is 55.7 Å². The van der Waals surface area contributed by atoms with Gasteiger partial charge in [-0.25, -0.2) is 15.0 Å². The highest BCUT2D eigenvalue weighted by Gasteiger charge is 2.30. The van der Waals surface area contributed by atoms with Gasteiger partial charge < -0.3 is 9.64 Å². The first kappa shape index (κ1) is 15.8. The molecule has 2 aromatic rings. The molecular formula is C14H17ClN6O2. The highest BCUT2D eigenvalue weighted by Crippen LogP contribution is 2.22. The second kappa shape index (κ2) is 6.59. The molecule has 1 N–H and O–H groups in total. The number of rotatable bonds is 3. The third kappa shape index (κ3) is 3.32. The summed E-state index contributed by atoms with van der Waals surface area (Å²) in [6.07, 6.45) is 1.85. The molecule has 1 aliphatic rings. The van der Waals surface area contributed by atoms with Gasteiger partial charge >= 0.3 is 0 Å². The molecule has 0 aliphatic carbocycles. The molecule has 122 valence electrons. The first-order valence-electron chi connectivity index (χ1n) is 7.39. The predicted octanol–water partition coefficient (Wildman–Crippen LogP) is 1.33. The molecule has 0 aromatic carbocycles. The van der Waals surface area contributed by atoms with Crippen molar-refractivity contribution in [3.05, 3.63) is 34.4 Å². The van der Waals surface area contributed by atoms with Gasteiger partial charge in [0.1, 0.15) is 17.8 Å². The van der Waals surface area contributed by atoms with Crippen LogP contribution in [0.15, 0.2) is 6.20 Å². The van der Waals surface area contributed by atoms with Gasteiger partial charge in [-0.1, -0.05) is 18.5 Å². The minimum atomic E-state index is -0.356. The second-order valence-electron chi connectivity index (χ2n) is 5.22. The third-order valence-electron chi connectivity index (χ3n) is 3.59. The Hall–Kier alpha value is -2.06. The molecule has 3 heterocycles. The van der Waals surface area contributed by atoms with E-state index in [1.54, 1.807) is 11.8 Å². The second-order valence-corrected chi connectivity index (χ2v) is 5.63. The van der Waals surface area contributed by atoms with Gasteiger partial charge in [0, 0.05) is 13.0 Å². The molecule has 2 aromatic heterocycles. The fraction of sp³-hybridized carbons (Fsp3) is 0.500. The van der Waals surface area contributed by atoms with E-state index in [-0.39, 0.29) is 22.7 Å². The van der Waals surface area contributed by atoms with Crippen molar-refractivity contribution in [2.24, 2.45) is 0 Å². The maximum atomic E-state index is 12.7. The van der Waals surface area contributed by atoms with Crippen LogP contribution in [0.4, 0.5) is 0 Å². The number of ether oxygens (including phenoxy) is 1. The van der Waals surface area contributed by atoms with Crippen LogP contribution >= 0.6 is 11.6 Å². The van der Waals surface area contributed by atoms with Gasteiger partial charge in [0.15, 0.2) is 11.5 Å². The summed E-state index contributed by atoms with van der Waals surface area (Å²) in [6, 6.07) is 0. The first-order valence-corrected chi connectivity index (χ1v) is 7.77. The number of carbonyl (C=O) groups is 1. The van der Waals surface area contributed by atoms with Crippen molar-refractivity contribution in [3.8, 4) is 0 Å². The number of aromatic nitrogens is 5. The molecule has 0 radical (unpaired) electrons. The molecule has 23 heavy (non-hydrogen) atoms. The molecule has 1 fully saturated rings. The summed E-state index contributed by atoms with van der Waals surface area (Å²) in [4.78, 5) is 26.8. The van der Waals surface area contributed by atoms with Crippen molar-refractivity contribution in [2.75, 3.05) is 19.7 Å². The van der Waals surface area contributed by atoms with E-state index < -0.39 is 0 Å². The summed E-state index contributed by atoms with van der Waals surface area (Å²) < 4.78 is 5.69. The number of nitrogens with one attached hydrogen (secondary N) is 1. The van der Waals surface area contributed by atoms with Crippen molar-refractivity contribution in [1.82, 2.24) is 30.0 Å². The van der Waals surface area contributed by atoms with Gasteiger partial charge in [-0.3, -0.25) is 9.89 Å². The van der Waals surface area contributed by atoms with Gasteiger partial charge in [-0.2, -0.15) is 5.10 Å². The highest BCUT2D eigenvalue weighted by atomic mass is 35.5. The van der Waals surface area contributed by atoms with E-state index in [1.165, 1.54) is 6.20 Å². The van der Waals surface area contributed by atoms with E-state index in [9.17, 15) is 4.79 Å². The van der Waals surface area contributed by atoms with Gasteiger partial charge in [0.05, 0.1) is 24.4 Å². The number of hydrogen-bond donors (Lipinski definition) is 1. The summed E-state index contributed by atoms with van der Waals surface area (Å²) in [6.45, 7) is 4.95. The summed E-state index contributed by atoms with van der Waals surface area (Å²) in [5, 5.41) is 7.26. The lowest BCUT2D eigenvalue weighted by atomic mass is 10.2. The average molecular weight is 337 g/mol. The Bertz CT molecular complexity index is 719. The highest BCUT2D eigenvalue weighted by molar-refractivity contribution is 6.33. The summed E-state index contributed by atoms with van der Waals surface area (Å²) in [5.74, 6) is 1.62. The molecule has 0 bridgehead atoms. The predicted molar refractivity (Wildman–Crippen MR) is 82.1 cm³/mol. The molecule has 9 heteroatoms. The van der Waals surface area contributed by atoms with E-state index in [1.807, 2.05) is 6.92 Å². The fourth-order valence-electron chi connectivity index (χ4n) is 2.36. The third-order valence-corrected chi connectivity index (χ3v) is 3.87. The molecular weight excluding hydrogens is 320 g/mol. The standard InChI is InChI=1S/C14H17ClN6O2/c1-3-11-18-13(20-19-11)10-7-21(4-5-23-10)14(22)12-9(15)6-16-8(2)17-12/h6,10H,3-5,7H2,1-2H3,(H,18,19,20)/t10-/m1/s1. The summed E-state index contributed by atoms with van der Waals surface area (Å²) in [7, 11) is 0. The van der Waals surface area contributed by atoms with Gasteiger partial charge in [0.25, 0.3) is 5.91 Å². The van der Waals surface area contributed by atoms with Crippen LogP contribution in [0.1, 0.15) is 41.0 Å². The van der Waals surface area contributed by atoms with Crippen LogP contribution in [0, 0.1) is 6.92 Å². The van der Waals surface area contributed by atoms with Crippen LogP contribution < -0.4 is 0 Å². The van der Waals surface area contributed by atoms with E-state index in [0.717, 1.165) is 12.2 Å². The number of carbonyl (C=O) groups excluding carboxylic acids is 1. The van der Waals surface area contributed by atoms with Crippen molar-refractivity contribution >= 4 is 17.5 Å². The zero-order valence-corrected chi connectivity index (χ0v) is 13.7. The summed E-state index contributed by atoms with van der Waals surface area (Å²) in [5.41, 5.74) is 0.212. The monoisotopic (exact) mass is 336 g/mol. The molecule has 0 spiro atoms. The number of hydrogen-bond acceptors (Lipinski definition) is 6. The van der Waals surface area contributed by atoms with Gasteiger partial charge in [-0.15, -0.1) is 0 Å². The first-order chi connectivity index (χ1) is 11.1. The van der Waals surface area contributed by atoms with E-state index in [2.05, 4.69) is 25.1 Å². The van der Waals surface area contributed by atoms with Gasteiger partial charge in [-0.05, 0) is 6.92 Å². The molecule has 1 saturated heterocycles. The maximum absolute atomic E-state index is 12.7. The van der Waals surface area contributed by atoms with Gasteiger partial charge in [0.2, 0.25) is 0 Å². The van der Waals surface area contributed by atoms with Crippen molar-refractivity contribution < 1.29 is 9.53 Å². The number of aromatic amines is 1. The lowest BCUT2D eigenvalue weighted by Gasteiger charge is -2.31. The minimum Gasteiger partial charge on any atom is -0.366 e. The molecule has 8 nitrogen and oxygen atoms in total. The number of morpholine rings is 1. The SMILES string of the molecule is CCc1nc([C@H]2CN(C(=O)c3nc(C)ncc3Cl)CCO2)n[nH]1. The lowest BCUT2D eigenvalue weighted by molar-refractivity contribution is -0.0268. The van der Waals surface area contributed by atoms with Crippen molar-refractivity contribution in [2.45, 2.75) is 26.4 Å². The van der Waals surface area contributed by atoms with E-state index in [0.29, 0.717) is 31.3 Å². The topological polar surface area (TPSA) is 96.9 Å². The maximum Gasteiger partial charge on any atom is 0.274 e. The summed E-state index contributed by atoms with van der Waals surface area (Å²) >= 11 is 6.05. The number of halogens is 1. The Morgan fingerprint density at radius 1 is 1.52 bits per heavy atom. The van der Waals surface area contributed by atoms with E-state index >= 15 is 0 Å². The van der Waals surface area contributed by atoms with E-state index in [4.69, 9.17) is 16.3 Å². The normalized spacial score (nSPS) is 18.2. The minimum absolute atomic E-state index is 0.212. The van der Waals surface area contributed by atoms with Crippen LogP contribution in [0.2, 0.25) is 5.02 Å². The van der Waals surface area contributed by atoms with Crippen LogP contribution in [0.25, 0.3) is 0 Å². The average Bonchev–Trinajstić information content (AvgIpc) is 3.06. The Kier molecular flexibility index (Phi) is 4.53. The molecule has 3 rings (SSSR count). The quantitative estimate of drug-likeness (QED) is 0.908. The molecule has 0 saturated carbocycles. The number of H-pyrrole nitrogens is 1. The molecule has 1 atom stereocenters. The Labute approximate surface area is 138 Å². The van der Waals surface area contributed by atoms with Crippen molar-refractivity contribution in [1.29, 1.82) is 0 Å². The van der Waals surface area contributed by atoms with Crippen molar-refractivity contribution in [3.63, 3.8) is 0 Å². The Morgan fingerprint density at radius 3 is 3.09 bits per heavy atom. The van der Waals surface area contributed by atoms with Crippen LogP contribution in [0.5, 0.6) is 0 Å². The Morgan fingerprint density at radius 2 is 2.35 bits per heavy atom. The largest absolute Gasteiger partial charge is 0.366 e. The van der Waals surface area contributed by atoms with Crippen LogP contribution in [0.3, 0.4) is 0 Å². The zero-order chi connectivity index (χ0) is 16.4. The molecule has 1 aliphatic heterocycles. The zero-order valence-electron chi connectivity index (χ0n) is 12.9. The lowest BCUT2D eigenvalue weighted by Crippen LogP contribution is -2.43. The molecule has 0 unspecified atom stereocenters. The Balaban J connectivity index is 1.77. The number of nitrogens with zero attached hydrogens (tertiary/aromatic N) is 5. The smallest absolute Gasteiger partial charge is 0.274 e.